The molecule has 1 aliphatic rings. The largest absolute Gasteiger partial charge is 0.364 e. The molecule has 0 aliphatic heterocycles. The van der Waals surface area contributed by atoms with Gasteiger partial charge in [0.15, 0.2) is 0 Å². The van der Waals surface area contributed by atoms with Crippen molar-refractivity contribution in [2.75, 3.05) is 0 Å². The van der Waals surface area contributed by atoms with Gasteiger partial charge in [-0.1, -0.05) is 19.3 Å². The molecule has 0 aromatic heterocycles. The van der Waals surface area contributed by atoms with E-state index in [1.807, 2.05) is 0 Å². The molecule has 3 heteroatoms. The Hall–Kier alpha value is -0.590. The summed E-state index contributed by atoms with van der Waals surface area (Å²) in [6.45, 7) is 0. The van der Waals surface area contributed by atoms with Crippen LogP contribution in [0.2, 0.25) is 0 Å². The van der Waals surface area contributed by atoms with Gasteiger partial charge < -0.3 is 5.11 Å². The van der Waals surface area contributed by atoms with E-state index in [0.717, 1.165) is 6.42 Å². The Labute approximate surface area is 66.8 Å². The highest BCUT2D eigenvalue weighted by atomic mass is 16.3. The number of nitriles is 1. The molecule has 0 bridgehead atoms. The normalized spacial score (nSPS) is 23.4. The number of hydrogen-bond donors (Lipinski definition) is 2. The van der Waals surface area contributed by atoms with E-state index in [4.69, 9.17) is 16.1 Å². The fourth-order valence-corrected chi connectivity index (χ4v) is 1.26. The summed E-state index contributed by atoms with van der Waals surface area (Å²) in [6.07, 6.45) is 5.07. The molecule has 1 saturated carbocycles. The van der Waals surface area contributed by atoms with E-state index in [1.165, 1.54) is 19.3 Å². The SMILES string of the molecule is N#CC(N)(O)CCC1CCC1. The molecule has 1 fully saturated rings. The Balaban J connectivity index is 2.16. The van der Waals surface area contributed by atoms with Gasteiger partial charge in [0.1, 0.15) is 6.07 Å². The third kappa shape index (κ3) is 2.49. The minimum atomic E-state index is -1.59. The van der Waals surface area contributed by atoms with E-state index in [0.29, 0.717) is 12.3 Å². The Kier molecular flexibility index (Phi) is 2.48. The summed E-state index contributed by atoms with van der Waals surface area (Å²) in [4.78, 5) is 0. The number of hydrogen-bond acceptors (Lipinski definition) is 3. The van der Waals surface area contributed by atoms with Crippen molar-refractivity contribution in [1.29, 1.82) is 5.26 Å². The lowest BCUT2D eigenvalue weighted by atomic mass is 9.81. The number of aliphatic hydroxyl groups is 1. The first-order valence-electron chi connectivity index (χ1n) is 4.06. The van der Waals surface area contributed by atoms with Gasteiger partial charge in [-0.25, -0.2) is 0 Å². The highest BCUT2D eigenvalue weighted by molar-refractivity contribution is 4.95. The van der Waals surface area contributed by atoms with Crippen molar-refractivity contribution < 1.29 is 5.11 Å². The molecule has 1 atom stereocenters. The van der Waals surface area contributed by atoms with E-state index < -0.39 is 5.72 Å². The van der Waals surface area contributed by atoms with Crippen molar-refractivity contribution in [1.82, 2.24) is 0 Å². The van der Waals surface area contributed by atoms with Crippen LogP contribution in [0.4, 0.5) is 0 Å². The van der Waals surface area contributed by atoms with Gasteiger partial charge in [-0.3, -0.25) is 5.73 Å². The summed E-state index contributed by atoms with van der Waals surface area (Å²) in [5, 5.41) is 17.5. The minimum Gasteiger partial charge on any atom is -0.364 e. The van der Waals surface area contributed by atoms with Crippen LogP contribution in [0, 0.1) is 17.2 Å². The van der Waals surface area contributed by atoms with Gasteiger partial charge in [0.2, 0.25) is 5.72 Å². The zero-order valence-electron chi connectivity index (χ0n) is 6.58. The van der Waals surface area contributed by atoms with Crippen LogP contribution < -0.4 is 5.73 Å². The molecule has 3 N–H and O–H groups in total. The Morgan fingerprint density at radius 2 is 2.27 bits per heavy atom. The maximum Gasteiger partial charge on any atom is 0.202 e. The molecular weight excluding hydrogens is 140 g/mol. The lowest BCUT2D eigenvalue weighted by Gasteiger charge is -2.27. The number of rotatable bonds is 3. The molecule has 0 spiro atoms. The van der Waals surface area contributed by atoms with Gasteiger partial charge in [-0.05, 0) is 12.3 Å². The van der Waals surface area contributed by atoms with E-state index >= 15 is 0 Å². The summed E-state index contributed by atoms with van der Waals surface area (Å²) >= 11 is 0. The van der Waals surface area contributed by atoms with Crippen molar-refractivity contribution in [3.8, 4) is 6.07 Å². The topological polar surface area (TPSA) is 70.0 Å². The zero-order valence-corrected chi connectivity index (χ0v) is 6.58. The Bertz CT molecular complexity index is 167. The molecule has 1 rings (SSSR count). The highest BCUT2D eigenvalue weighted by Gasteiger charge is 2.24. The Morgan fingerprint density at radius 3 is 2.64 bits per heavy atom. The molecular formula is C8H14N2O. The van der Waals surface area contributed by atoms with Gasteiger partial charge in [-0.15, -0.1) is 0 Å². The molecule has 0 saturated heterocycles. The first-order valence-corrected chi connectivity index (χ1v) is 4.06. The second-order valence-corrected chi connectivity index (χ2v) is 3.37. The molecule has 0 radical (unpaired) electrons. The molecule has 11 heavy (non-hydrogen) atoms. The smallest absolute Gasteiger partial charge is 0.202 e. The van der Waals surface area contributed by atoms with Gasteiger partial charge in [0.05, 0.1) is 0 Å². The molecule has 1 aliphatic carbocycles. The summed E-state index contributed by atoms with van der Waals surface area (Å²) in [5.74, 6) is 0.707. The molecule has 0 aromatic rings. The van der Waals surface area contributed by atoms with Crippen molar-refractivity contribution in [3.63, 3.8) is 0 Å². The molecule has 3 nitrogen and oxygen atoms in total. The fraction of sp³-hybridized carbons (Fsp3) is 0.875. The van der Waals surface area contributed by atoms with Crippen LogP contribution in [-0.2, 0) is 0 Å². The van der Waals surface area contributed by atoms with Gasteiger partial charge in [-0.2, -0.15) is 5.26 Å². The number of nitrogens with zero attached hydrogens (tertiary/aromatic N) is 1. The first kappa shape index (κ1) is 8.51. The number of nitrogens with two attached hydrogens (primary N) is 1. The van der Waals surface area contributed by atoms with Crippen LogP contribution in [0.1, 0.15) is 32.1 Å². The van der Waals surface area contributed by atoms with Crippen LogP contribution in [0.25, 0.3) is 0 Å². The minimum absolute atomic E-state index is 0.411. The third-order valence-electron chi connectivity index (χ3n) is 2.35. The van der Waals surface area contributed by atoms with E-state index in [9.17, 15) is 0 Å². The maximum absolute atomic E-state index is 9.11. The summed E-state index contributed by atoms with van der Waals surface area (Å²) in [7, 11) is 0. The van der Waals surface area contributed by atoms with Crippen molar-refractivity contribution >= 4 is 0 Å². The average molecular weight is 154 g/mol. The van der Waals surface area contributed by atoms with E-state index in [2.05, 4.69) is 0 Å². The van der Waals surface area contributed by atoms with E-state index in [-0.39, 0.29) is 0 Å². The lowest BCUT2D eigenvalue weighted by molar-refractivity contribution is 0.0821. The van der Waals surface area contributed by atoms with Crippen molar-refractivity contribution in [2.45, 2.75) is 37.8 Å². The summed E-state index contributed by atoms with van der Waals surface area (Å²) < 4.78 is 0. The molecule has 0 aromatic carbocycles. The second-order valence-electron chi connectivity index (χ2n) is 3.37. The molecule has 0 heterocycles. The second kappa shape index (κ2) is 3.21. The van der Waals surface area contributed by atoms with Crippen LogP contribution in [-0.4, -0.2) is 10.8 Å². The Morgan fingerprint density at radius 1 is 1.64 bits per heavy atom. The summed E-state index contributed by atoms with van der Waals surface area (Å²) in [6, 6.07) is 1.68. The standard InChI is InChI=1S/C8H14N2O/c9-6-8(10,11)5-4-7-2-1-3-7/h7,11H,1-5,10H2. The third-order valence-corrected chi connectivity index (χ3v) is 2.35. The molecule has 62 valence electrons. The summed E-state index contributed by atoms with van der Waals surface area (Å²) in [5.41, 5.74) is 3.65. The van der Waals surface area contributed by atoms with Crippen LogP contribution >= 0.6 is 0 Å². The molecule has 0 amide bonds. The van der Waals surface area contributed by atoms with Crippen LogP contribution in [0.5, 0.6) is 0 Å². The predicted molar refractivity (Wildman–Crippen MR) is 41.3 cm³/mol. The predicted octanol–water partition coefficient (Wildman–Crippen LogP) is 0.738. The van der Waals surface area contributed by atoms with Crippen LogP contribution in [0.15, 0.2) is 0 Å². The van der Waals surface area contributed by atoms with Gasteiger partial charge >= 0.3 is 0 Å². The van der Waals surface area contributed by atoms with Gasteiger partial charge in [0.25, 0.3) is 0 Å². The monoisotopic (exact) mass is 154 g/mol. The van der Waals surface area contributed by atoms with Crippen LogP contribution in [0.3, 0.4) is 0 Å². The van der Waals surface area contributed by atoms with E-state index in [1.54, 1.807) is 6.07 Å². The highest BCUT2D eigenvalue weighted by Crippen LogP contribution is 2.31. The molecule has 1 unspecified atom stereocenters. The zero-order chi connectivity index (χ0) is 8.32. The fourth-order valence-electron chi connectivity index (χ4n) is 1.26. The van der Waals surface area contributed by atoms with Crippen molar-refractivity contribution in [3.05, 3.63) is 0 Å². The lowest BCUT2D eigenvalue weighted by Crippen LogP contribution is -2.38. The maximum atomic E-state index is 9.11. The van der Waals surface area contributed by atoms with Gasteiger partial charge in [0, 0.05) is 6.42 Å². The quantitative estimate of drug-likeness (QED) is 0.465. The van der Waals surface area contributed by atoms with Crippen molar-refractivity contribution in [2.24, 2.45) is 11.7 Å². The average Bonchev–Trinajstić information content (AvgIpc) is 1.84. The first-order chi connectivity index (χ1) is 5.14.